The highest BCUT2D eigenvalue weighted by Crippen LogP contribution is 2.24. The summed E-state index contributed by atoms with van der Waals surface area (Å²) in [6.07, 6.45) is 0. The number of benzene rings is 1. The number of aliphatic hydroxyl groups is 1. The van der Waals surface area contributed by atoms with E-state index < -0.39 is 4.92 Å². The summed E-state index contributed by atoms with van der Waals surface area (Å²) in [4.78, 5) is 12.5. The second-order valence-electron chi connectivity index (χ2n) is 4.68. The van der Waals surface area contributed by atoms with Gasteiger partial charge in [0.1, 0.15) is 5.75 Å². The van der Waals surface area contributed by atoms with Crippen LogP contribution in [0.2, 0.25) is 0 Å². The molecule has 1 aliphatic rings. The van der Waals surface area contributed by atoms with Crippen LogP contribution in [0.25, 0.3) is 0 Å². The van der Waals surface area contributed by atoms with E-state index >= 15 is 0 Å². The van der Waals surface area contributed by atoms with Crippen LogP contribution in [0.1, 0.15) is 5.56 Å². The number of methoxy groups -OCH3 is 1. The Morgan fingerprint density at radius 3 is 3.00 bits per heavy atom. The number of aliphatic hydroxyl groups excluding tert-OH is 1. The highest BCUT2D eigenvalue weighted by atomic mass is 16.6. The topological polar surface area (TPSA) is 85.1 Å². The molecule has 7 nitrogen and oxygen atoms in total. The first-order valence-corrected chi connectivity index (χ1v) is 6.39. The molecule has 20 heavy (non-hydrogen) atoms. The van der Waals surface area contributed by atoms with Crippen molar-refractivity contribution < 1.29 is 19.5 Å². The van der Waals surface area contributed by atoms with Crippen LogP contribution >= 0.6 is 0 Å². The lowest BCUT2D eigenvalue weighted by atomic mass is 10.1. The number of nitro groups is 1. The Labute approximate surface area is 116 Å². The van der Waals surface area contributed by atoms with Crippen molar-refractivity contribution in [3.63, 3.8) is 0 Å². The molecule has 0 bridgehead atoms. The quantitative estimate of drug-likeness (QED) is 0.635. The maximum Gasteiger partial charge on any atom is 0.273 e. The minimum absolute atomic E-state index is 0.00601. The summed E-state index contributed by atoms with van der Waals surface area (Å²) < 4.78 is 10.4. The van der Waals surface area contributed by atoms with Gasteiger partial charge in [-0.25, -0.2) is 0 Å². The molecule has 0 aliphatic carbocycles. The van der Waals surface area contributed by atoms with E-state index in [1.807, 2.05) is 0 Å². The molecule has 0 aromatic heterocycles. The highest BCUT2D eigenvalue weighted by Gasteiger charge is 2.23. The number of non-ortho nitro benzene ring substituents is 1. The minimum atomic E-state index is -0.436. The van der Waals surface area contributed by atoms with Crippen molar-refractivity contribution in [1.82, 2.24) is 4.90 Å². The summed E-state index contributed by atoms with van der Waals surface area (Å²) >= 11 is 0. The Hall–Kier alpha value is -1.70. The van der Waals surface area contributed by atoms with Crippen molar-refractivity contribution in [1.29, 1.82) is 0 Å². The molecular weight excluding hydrogens is 264 g/mol. The highest BCUT2D eigenvalue weighted by molar-refractivity contribution is 5.42. The van der Waals surface area contributed by atoms with Gasteiger partial charge in [-0.3, -0.25) is 15.0 Å². The van der Waals surface area contributed by atoms with Crippen LogP contribution in [0, 0.1) is 10.1 Å². The van der Waals surface area contributed by atoms with Crippen molar-refractivity contribution in [2.45, 2.75) is 12.6 Å². The fourth-order valence-corrected chi connectivity index (χ4v) is 2.26. The molecule has 1 fully saturated rings. The average molecular weight is 282 g/mol. The standard InChI is InChI=1S/C13H18N2O5/c1-19-13-5-10(4-11(6-13)15(17)18)7-14-2-3-20-9-12(14)8-16/h4-6,12,16H,2-3,7-9H2,1H3. The predicted molar refractivity (Wildman–Crippen MR) is 71.8 cm³/mol. The van der Waals surface area contributed by atoms with Crippen LogP contribution in [0.4, 0.5) is 5.69 Å². The molecule has 1 saturated heterocycles. The lowest BCUT2D eigenvalue weighted by Gasteiger charge is -2.34. The summed E-state index contributed by atoms with van der Waals surface area (Å²) in [6.45, 7) is 2.29. The van der Waals surface area contributed by atoms with E-state index in [0.29, 0.717) is 32.1 Å². The number of hydrogen-bond donors (Lipinski definition) is 1. The third-order valence-corrected chi connectivity index (χ3v) is 3.34. The van der Waals surface area contributed by atoms with Crippen LogP contribution < -0.4 is 4.74 Å². The molecule has 1 atom stereocenters. The molecule has 1 N–H and O–H groups in total. The van der Waals surface area contributed by atoms with Gasteiger partial charge >= 0.3 is 0 Å². The Bertz CT molecular complexity index is 480. The van der Waals surface area contributed by atoms with Gasteiger partial charge in [-0.2, -0.15) is 0 Å². The van der Waals surface area contributed by atoms with E-state index in [1.165, 1.54) is 19.2 Å². The van der Waals surface area contributed by atoms with E-state index in [9.17, 15) is 15.2 Å². The molecule has 7 heteroatoms. The largest absolute Gasteiger partial charge is 0.496 e. The van der Waals surface area contributed by atoms with Crippen LogP contribution in [0.5, 0.6) is 5.75 Å². The Morgan fingerprint density at radius 1 is 1.55 bits per heavy atom. The Kier molecular flexibility index (Phi) is 4.89. The molecule has 0 saturated carbocycles. The maximum atomic E-state index is 10.9. The predicted octanol–water partition coefficient (Wildman–Crippen LogP) is 0.796. The zero-order valence-electron chi connectivity index (χ0n) is 11.3. The zero-order valence-corrected chi connectivity index (χ0v) is 11.3. The molecular formula is C13H18N2O5. The van der Waals surface area contributed by atoms with Crippen molar-refractivity contribution in [3.8, 4) is 5.75 Å². The first-order valence-electron chi connectivity index (χ1n) is 6.39. The first kappa shape index (κ1) is 14.7. The number of nitro benzene ring substituents is 1. The number of rotatable bonds is 5. The van der Waals surface area contributed by atoms with Gasteiger partial charge in [0.2, 0.25) is 0 Å². The molecule has 0 spiro atoms. The molecule has 1 heterocycles. The second kappa shape index (κ2) is 6.65. The summed E-state index contributed by atoms with van der Waals surface area (Å²) in [5.41, 5.74) is 0.796. The number of morpholine rings is 1. The first-order chi connectivity index (χ1) is 9.63. The van der Waals surface area contributed by atoms with Crippen molar-refractivity contribution in [3.05, 3.63) is 33.9 Å². The molecule has 0 amide bonds. The van der Waals surface area contributed by atoms with Gasteiger partial charge in [0.05, 0.1) is 44.0 Å². The SMILES string of the molecule is COc1cc(CN2CCOCC2CO)cc([N+](=O)[O-])c1. The average Bonchev–Trinajstić information content (AvgIpc) is 2.47. The van der Waals surface area contributed by atoms with E-state index in [-0.39, 0.29) is 18.3 Å². The van der Waals surface area contributed by atoms with Gasteiger partial charge in [-0.1, -0.05) is 0 Å². The van der Waals surface area contributed by atoms with Gasteiger partial charge in [0, 0.05) is 19.2 Å². The maximum absolute atomic E-state index is 10.9. The van der Waals surface area contributed by atoms with Crippen LogP contribution in [-0.2, 0) is 11.3 Å². The van der Waals surface area contributed by atoms with Gasteiger partial charge < -0.3 is 14.6 Å². The normalized spacial score (nSPS) is 19.8. The summed E-state index contributed by atoms with van der Waals surface area (Å²) in [6, 6.07) is 4.63. The van der Waals surface area contributed by atoms with Crippen LogP contribution in [-0.4, -0.2) is 54.4 Å². The summed E-state index contributed by atoms with van der Waals surface area (Å²) in [5, 5.41) is 20.2. The van der Waals surface area contributed by atoms with Crippen LogP contribution in [0.3, 0.4) is 0 Å². The van der Waals surface area contributed by atoms with E-state index in [4.69, 9.17) is 9.47 Å². The lowest BCUT2D eigenvalue weighted by Crippen LogP contribution is -2.46. The second-order valence-corrected chi connectivity index (χ2v) is 4.68. The van der Waals surface area contributed by atoms with E-state index in [2.05, 4.69) is 4.90 Å². The third-order valence-electron chi connectivity index (χ3n) is 3.34. The van der Waals surface area contributed by atoms with Crippen LogP contribution in [0.15, 0.2) is 18.2 Å². The number of nitrogens with zero attached hydrogens (tertiary/aromatic N) is 2. The number of hydrogen-bond acceptors (Lipinski definition) is 6. The zero-order chi connectivity index (χ0) is 14.5. The molecule has 1 unspecified atom stereocenters. The van der Waals surface area contributed by atoms with Gasteiger partial charge in [0.25, 0.3) is 5.69 Å². The van der Waals surface area contributed by atoms with Crippen molar-refractivity contribution >= 4 is 5.69 Å². The molecule has 1 aromatic rings. The lowest BCUT2D eigenvalue weighted by molar-refractivity contribution is -0.385. The number of ether oxygens (including phenoxy) is 2. The molecule has 0 radical (unpaired) electrons. The van der Waals surface area contributed by atoms with E-state index in [0.717, 1.165) is 5.56 Å². The van der Waals surface area contributed by atoms with Crippen molar-refractivity contribution in [2.24, 2.45) is 0 Å². The fraction of sp³-hybridized carbons (Fsp3) is 0.538. The molecule has 2 rings (SSSR count). The minimum Gasteiger partial charge on any atom is -0.496 e. The van der Waals surface area contributed by atoms with Gasteiger partial charge in [-0.15, -0.1) is 0 Å². The molecule has 1 aliphatic heterocycles. The fourth-order valence-electron chi connectivity index (χ4n) is 2.26. The Balaban J connectivity index is 2.18. The molecule has 110 valence electrons. The molecule has 1 aromatic carbocycles. The van der Waals surface area contributed by atoms with E-state index in [1.54, 1.807) is 6.07 Å². The third kappa shape index (κ3) is 3.44. The van der Waals surface area contributed by atoms with Gasteiger partial charge in [0.15, 0.2) is 0 Å². The smallest absolute Gasteiger partial charge is 0.273 e. The Morgan fingerprint density at radius 2 is 2.35 bits per heavy atom. The monoisotopic (exact) mass is 282 g/mol. The van der Waals surface area contributed by atoms with Crippen molar-refractivity contribution in [2.75, 3.05) is 33.5 Å². The summed E-state index contributed by atoms with van der Waals surface area (Å²) in [7, 11) is 1.48. The van der Waals surface area contributed by atoms with Gasteiger partial charge in [-0.05, 0) is 11.6 Å². The summed E-state index contributed by atoms with van der Waals surface area (Å²) in [5.74, 6) is 0.461.